The molecule has 0 saturated heterocycles. The van der Waals surface area contributed by atoms with Crippen LogP contribution in [0.15, 0.2) is 54.6 Å². The quantitative estimate of drug-likeness (QED) is 0.540. The van der Waals surface area contributed by atoms with Crippen molar-refractivity contribution in [2.75, 3.05) is 7.11 Å². The molecule has 0 spiro atoms. The van der Waals surface area contributed by atoms with Gasteiger partial charge in [-0.3, -0.25) is 0 Å². The molecular formula is C15H14Cl2O2Te. The first kappa shape index (κ1) is 15.7. The van der Waals surface area contributed by atoms with Gasteiger partial charge >= 0.3 is 130 Å². The molecule has 0 saturated carbocycles. The molecule has 0 fully saturated rings. The third-order valence-electron chi connectivity index (χ3n) is 2.81. The predicted molar refractivity (Wildman–Crippen MR) is 85.7 cm³/mol. The van der Waals surface area contributed by atoms with Crippen LogP contribution in [0.1, 0.15) is 10.4 Å². The van der Waals surface area contributed by atoms with E-state index >= 15 is 0 Å². The second-order valence-corrected chi connectivity index (χ2v) is 17.8. The molecule has 0 heterocycles. The normalized spacial score (nSPS) is 11.9. The Morgan fingerprint density at radius 2 is 1.65 bits per heavy atom. The van der Waals surface area contributed by atoms with Gasteiger partial charge in [-0.2, -0.15) is 0 Å². The van der Waals surface area contributed by atoms with Gasteiger partial charge < -0.3 is 0 Å². The van der Waals surface area contributed by atoms with Gasteiger partial charge in [0.1, 0.15) is 0 Å². The number of halogens is 2. The zero-order chi connectivity index (χ0) is 14.6. The van der Waals surface area contributed by atoms with Crippen molar-refractivity contribution in [3.8, 4) is 5.75 Å². The van der Waals surface area contributed by atoms with Gasteiger partial charge in [0.25, 0.3) is 0 Å². The summed E-state index contributed by atoms with van der Waals surface area (Å²) in [5, 5.41) is 0. The predicted octanol–water partition coefficient (Wildman–Crippen LogP) is 3.70. The molecule has 2 aromatic carbocycles. The first-order valence-electron chi connectivity index (χ1n) is 5.95. The fraction of sp³-hybridized carbons (Fsp3) is 0.133. The fourth-order valence-corrected chi connectivity index (χ4v) is 7.86. The van der Waals surface area contributed by atoms with Gasteiger partial charge in [0, 0.05) is 0 Å². The first-order valence-corrected chi connectivity index (χ1v) is 14.7. The van der Waals surface area contributed by atoms with E-state index < -0.39 is 15.9 Å². The summed E-state index contributed by atoms with van der Waals surface area (Å²) in [5.74, 6) is 0.739. The van der Waals surface area contributed by atoms with E-state index in [0.29, 0.717) is 5.56 Å². The van der Waals surface area contributed by atoms with Crippen LogP contribution in [-0.4, -0.2) is 28.8 Å². The van der Waals surface area contributed by atoms with Crippen LogP contribution in [0.25, 0.3) is 0 Å². The minimum absolute atomic E-state index is 0.00684. The Hall–Kier alpha value is -0.720. The number of benzene rings is 2. The second-order valence-electron chi connectivity index (χ2n) is 4.18. The Labute approximate surface area is 129 Å². The summed E-state index contributed by atoms with van der Waals surface area (Å²) in [4.78, 5) is 12.2. The Bertz CT molecular complexity index is 583. The zero-order valence-electron chi connectivity index (χ0n) is 10.9. The number of hydrogen-bond acceptors (Lipinski definition) is 2. The molecule has 0 N–H and O–H groups in total. The summed E-state index contributed by atoms with van der Waals surface area (Å²) < 4.78 is 6.17. The molecule has 0 bridgehead atoms. The van der Waals surface area contributed by atoms with Gasteiger partial charge in [-0.1, -0.05) is 0 Å². The summed E-state index contributed by atoms with van der Waals surface area (Å²) in [7, 11) is 14.6. The summed E-state index contributed by atoms with van der Waals surface area (Å²) in [6.07, 6.45) is 0. The SMILES string of the molecule is COc1ccc([Te](Cl)(Cl)CC(=O)c2ccccc2)cc1. The number of Topliss-reactive ketones (excluding diaryl/α,β-unsaturated/α-hetero) is 1. The third kappa shape index (κ3) is 3.90. The van der Waals surface area contributed by atoms with E-state index in [1.165, 1.54) is 0 Å². The zero-order valence-corrected chi connectivity index (χ0v) is 14.7. The van der Waals surface area contributed by atoms with Crippen LogP contribution >= 0.6 is 17.9 Å². The van der Waals surface area contributed by atoms with Crippen LogP contribution in [0.5, 0.6) is 5.75 Å². The number of ketones is 1. The van der Waals surface area contributed by atoms with Crippen molar-refractivity contribution in [3.63, 3.8) is 0 Å². The maximum atomic E-state index is 12.2. The molecule has 5 heteroatoms. The molecule has 0 aromatic heterocycles. The number of methoxy groups -OCH3 is 1. The molecule has 0 amide bonds. The second kappa shape index (κ2) is 6.82. The van der Waals surface area contributed by atoms with Crippen LogP contribution in [0.3, 0.4) is 0 Å². The molecule has 2 aromatic rings. The summed E-state index contributed by atoms with van der Waals surface area (Å²) in [5.41, 5.74) is 0.651. The minimum atomic E-state index is -3.40. The van der Waals surface area contributed by atoms with E-state index in [9.17, 15) is 4.79 Å². The van der Waals surface area contributed by atoms with E-state index in [1.807, 2.05) is 42.5 Å². The monoisotopic (exact) mass is 426 g/mol. The molecule has 0 aliphatic carbocycles. The number of ether oxygens (including phenoxy) is 1. The molecule has 0 atom stereocenters. The van der Waals surface area contributed by atoms with Crippen LogP contribution in [0, 0.1) is 0 Å². The van der Waals surface area contributed by atoms with Crippen molar-refractivity contribution >= 4 is 43.3 Å². The van der Waals surface area contributed by atoms with Crippen molar-refractivity contribution in [1.29, 1.82) is 0 Å². The molecule has 20 heavy (non-hydrogen) atoms. The molecule has 106 valence electrons. The summed E-state index contributed by atoms with van der Waals surface area (Å²) in [6.45, 7) is 0. The van der Waals surface area contributed by atoms with Gasteiger partial charge in [0.2, 0.25) is 0 Å². The van der Waals surface area contributed by atoms with Crippen molar-refractivity contribution < 1.29 is 9.53 Å². The van der Waals surface area contributed by atoms with E-state index in [0.717, 1.165) is 9.36 Å². The third-order valence-corrected chi connectivity index (χ3v) is 11.2. The number of rotatable bonds is 5. The number of carbonyl (C=O) groups excluding carboxylic acids is 1. The molecular weight excluding hydrogens is 411 g/mol. The summed E-state index contributed by atoms with van der Waals surface area (Å²) >= 11 is -3.40. The standard InChI is InChI=1S/C15H14Cl2O2Te/c1-19-13-7-9-14(10-8-13)20(16,17)11-15(18)12-5-3-2-4-6-12/h2-10H,11H2,1H3. The average Bonchev–Trinajstić information content (AvgIpc) is 2.48. The van der Waals surface area contributed by atoms with Crippen molar-refractivity contribution in [1.82, 2.24) is 0 Å². The van der Waals surface area contributed by atoms with Gasteiger partial charge in [0.15, 0.2) is 0 Å². The average molecular weight is 425 g/mol. The number of hydrogen-bond donors (Lipinski definition) is 0. The Morgan fingerprint density at radius 1 is 1.05 bits per heavy atom. The van der Waals surface area contributed by atoms with E-state index in [2.05, 4.69) is 0 Å². The molecule has 2 nitrogen and oxygen atoms in total. The van der Waals surface area contributed by atoms with Crippen LogP contribution < -0.4 is 8.35 Å². The van der Waals surface area contributed by atoms with E-state index in [1.54, 1.807) is 19.2 Å². The van der Waals surface area contributed by atoms with E-state index in [4.69, 9.17) is 22.7 Å². The molecule has 0 aliphatic rings. The Balaban J connectivity index is 2.15. The van der Waals surface area contributed by atoms with Crippen molar-refractivity contribution in [3.05, 3.63) is 60.2 Å². The fourth-order valence-electron chi connectivity index (χ4n) is 1.73. The maximum absolute atomic E-state index is 12.2. The van der Waals surface area contributed by atoms with Crippen LogP contribution in [0.4, 0.5) is 0 Å². The molecule has 2 rings (SSSR count). The number of carbonyl (C=O) groups is 1. The Morgan fingerprint density at radius 3 is 2.20 bits per heavy atom. The van der Waals surface area contributed by atoms with Gasteiger partial charge in [-0.05, 0) is 0 Å². The van der Waals surface area contributed by atoms with Crippen LogP contribution in [-0.2, 0) is 0 Å². The first-order chi connectivity index (χ1) is 9.53. The van der Waals surface area contributed by atoms with Gasteiger partial charge in [0.05, 0.1) is 0 Å². The molecule has 0 aliphatic heterocycles. The summed E-state index contributed by atoms with van der Waals surface area (Å²) in [6, 6.07) is 16.4. The topological polar surface area (TPSA) is 26.3 Å². The van der Waals surface area contributed by atoms with Crippen molar-refractivity contribution in [2.24, 2.45) is 0 Å². The van der Waals surface area contributed by atoms with Gasteiger partial charge in [-0.25, -0.2) is 0 Å². The van der Waals surface area contributed by atoms with Crippen molar-refractivity contribution in [2.45, 2.75) is 4.47 Å². The van der Waals surface area contributed by atoms with Gasteiger partial charge in [-0.15, -0.1) is 0 Å². The molecule has 0 radical (unpaired) electrons. The van der Waals surface area contributed by atoms with Crippen LogP contribution in [0.2, 0.25) is 4.47 Å². The molecule has 0 unspecified atom stereocenters. The van der Waals surface area contributed by atoms with E-state index in [-0.39, 0.29) is 10.3 Å². The Kier molecular flexibility index (Phi) is 5.35.